The zero-order chi connectivity index (χ0) is 18.1. The third-order valence-corrected chi connectivity index (χ3v) is 5.29. The van der Waals surface area contributed by atoms with Crippen LogP contribution in [0.5, 0.6) is 5.75 Å². The molecule has 0 spiro atoms. The normalized spacial score (nSPS) is 18.9. The van der Waals surface area contributed by atoms with Gasteiger partial charge in [-0.05, 0) is 37.1 Å². The van der Waals surface area contributed by atoms with E-state index in [9.17, 15) is 0 Å². The largest absolute Gasteiger partial charge is 0.494 e. The first-order chi connectivity index (χ1) is 12.7. The van der Waals surface area contributed by atoms with E-state index in [-0.39, 0.29) is 12.1 Å². The molecule has 1 aliphatic heterocycles. The lowest BCUT2D eigenvalue weighted by molar-refractivity contribution is 0.325. The first kappa shape index (κ1) is 17.2. The Labute approximate surface area is 161 Å². The molecule has 3 aromatic rings. The Morgan fingerprint density at radius 1 is 1.19 bits per heavy atom. The number of anilines is 1. The number of nitrogens with zero attached hydrogens (tertiary/aromatic N) is 3. The summed E-state index contributed by atoms with van der Waals surface area (Å²) in [6.45, 7) is 2.60. The van der Waals surface area contributed by atoms with E-state index in [1.54, 1.807) is 6.33 Å². The summed E-state index contributed by atoms with van der Waals surface area (Å²) in [5.41, 5.74) is 2.15. The molecular weight excluding hydrogens is 371 g/mol. The van der Waals surface area contributed by atoms with Crippen molar-refractivity contribution < 1.29 is 4.74 Å². The van der Waals surface area contributed by atoms with Gasteiger partial charge in [-0.1, -0.05) is 47.5 Å². The molecule has 0 radical (unpaired) electrons. The topological polar surface area (TPSA) is 52.0 Å². The SMILES string of the molecule is CCOc1ccccc1[C@@H]1C[C@@H](c2ccc(Cl)c(Cl)c2)Nc2ncnn21. The number of para-hydroxylation sites is 1. The fourth-order valence-corrected chi connectivity index (χ4v) is 3.68. The highest BCUT2D eigenvalue weighted by Gasteiger charge is 2.31. The highest BCUT2D eigenvalue weighted by Crippen LogP contribution is 2.41. The monoisotopic (exact) mass is 388 g/mol. The summed E-state index contributed by atoms with van der Waals surface area (Å²) in [5, 5.41) is 8.95. The van der Waals surface area contributed by atoms with Crippen molar-refractivity contribution in [3.8, 4) is 5.75 Å². The van der Waals surface area contributed by atoms with Crippen molar-refractivity contribution in [2.45, 2.75) is 25.4 Å². The molecule has 7 heteroatoms. The number of nitrogens with one attached hydrogen (secondary N) is 1. The van der Waals surface area contributed by atoms with E-state index in [1.165, 1.54) is 0 Å². The van der Waals surface area contributed by atoms with Gasteiger partial charge in [0.25, 0.3) is 0 Å². The number of fused-ring (bicyclic) bond motifs is 1. The van der Waals surface area contributed by atoms with Crippen LogP contribution in [0.25, 0.3) is 0 Å². The Kier molecular flexibility index (Phi) is 4.74. The van der Waals surface area contributed by atoms with Crippen LogP contribution in [0, 0.1) is 0 Å². The van der Waals surface area contributed by atoms with E-state index >= 15 is 0 Å². The number of rotatable bonds is 4. The predicted molar refractivity (Wildman–Crippen MR) is 103 cm³/mol. The molecule has 0 unspecified atom stereocenters. The molecule has 1 aliphatic rings. The molecule has 0 saturated carbocycles. The van der Waals surface area contributed by atoms with Gasteiger partial charge < -0.3 is 10.1 Å². The number of halogens is 2. The van der Waals surface area contributed by atoms with Crippen LogP contribution in [0.2, 0.25) is 10.0 Å². The highest BCUT2D eigenvalue weighted by molar-refractivity contribution is 6.42. The summed E-state index contributed by atoms with van der Waals surface area (Å²) in [4.78, 5) is 4.36. The van der Waals surface area contributed by atoms with E-state index in [0.29, 0.717) is 16.7 Å². The number of benzene rings is 2. The Bertz CT molecular complexity index is 927. The Hall–Kier alpha value is -2.24. The van der Waals surface area contributed by atoms with Crippen molar-refractivity contribution in [2.24, 2.45) is 0 Å². The minimum atomic E-state index is 0.0101. The molecule has 0 fully saturated rings. The summed E-state index contributed by atoms with van der Waals surface area (Å²) in [6.07, 6.45) is 2.36. The fourth-order valence-electron chi connectivity index (χ4n) is 3.37. The van der Waals surface area contributed by atoms with Gasteiger partial charge in [0.05, 0.1) is 28.7 Å². The van der Waals surface area contributed by atoms with Gasteiger partial charge in [-0.2, -0.15) is 10.1 Å². The quantitative estimate of drug-likeness (QED) is 0.672. The van der Waals surface area contributed by atoms with E-state index in [0.717, 1.165) is 29.2 Å². The molecule has 0 saturated heterocycles. The van der Waals surface area contributed by atoms with Gasteiger partial charge in [-0.25, -0.2) is 4.68 Å². The van der Waals surface area contributed by atoms with Crippen LogP contribution in [-0.4, -0.2) is 21.4 Å². The second-order valence-electron chi connectivity index (χ2n) is 6.12. The lowest BCUT2D eigenvalue weighted by Crippen LogP contribution is -2.28. The van der Waals surface area contributed by atoms with Crippen LogP contribution >= 0.6 is 23.2 Å². The van der Waals surface area contributed by atoms with Gasteiger partial charge in [0.1, 0.15) is 12.1 Å². The van der Waals surface area contributed by atoms with Gasteiger partial charge in [0.2, 0.25) is 5.95 Å². The minimum absolute atomic E-state index is 0.0101. The van der Waals surface area contributed by atoms with Crippen molar-refractivity contribution in [3.05, 3.63) is 70.0 Å². The third kappa shape index (κ3) is 3.13. The summed E-state index contributed by atoms with van der Waals surface area (Å²) in [5.74, 6) is 1.60. The predicted octanol–water partition coefficient (Wildman–Crippen LogP) is 5.13. The zero-order valence-corrected chi connectivity index (χ0v) is 15.7. The molecule has 5 nitrogen and oxygen atoms in total. The van der Waals surface area contributed by atoms with Crippen molar-refractivity contribution in [1.29, 1.82) is 0 Å². The number of hydrogen-bond donors (Lipinski definition) is 1. The zero-order valence-electron chi connectivity index (χ0n) is 14.2. The molecule has 2 heterocycles. The first-order valence-corrected chi connectivity index (χ1v) is 9.25. The molecule has 134 valence electrons. The molecule has 2 aromatic carbocycles. The van der Waals surface area contributed by atoms with Gasteiger partial charge in [0.15, 0.2) is 0 Å². The lowest BCUT2D eigenvalue weighted by Gasteiger charge is -2.32. The fraction of sp³-hybridized carbons (Fsp3) is 0.263. The molecule has 0 bridgehead atoms. The van der Waals surface area contributed by atoms with Gasteiger partial charge in [0, 0.05) is 5.56 Å². The maximum atomic E-state index is 6.22. The maximum absolute atomic E-state index is 6.22. The van der Waals surface area contributed by atoms with Crippen LogP contribution in [0.1, 0.15) is 36.6 Å². The molecule has 0 aliphatic carbocycles. The van der Waals surface area contributed by atoms with Crippen molar-refractivity contribution >= 4 is 29.2 Å². The van der Waals surface area contributed by atoms with Crippen LogP contribution < -0.4 is 10.1 Å². The molecule has 4 rings (SSSR count). The molecule has 2 atom stereocenters. The van der Waals surface area contributed by atoms with E-state index in [4.69, 9.17) is 27.9 Å². The Morgan fingerprint density at radius 3 is 2.85 bits per heavy atom. The van der Waals surface area contributed by atoms with Crippen LogP contribution in [0.15, 0.2) is 48.8 Å². The second kappa shape index (κ2) is 7.17. The number of hydrogen-bond acceptors (Lipinski definition) is 4. The smallest absolute Gasteiger partial charge is 0.222 e. The van der Waals surface area contributed by atoms with E-state index in [2.05, 4.69) is 21.5 Å². The summed E-state index contributed by atoms with van der Waals surface area (Å²) in [7, 11) is 0. The van der Waals surface area contributed by atoms with Gasteiger partial charge >= 0.3 is 0 Å². The standard InChI is InChI=1S/C19H18Cl2N4O/c1-2-26-18-6-4-3-5-13(18)17-10-16(24-19-22-11-23-25(17)19)12-7-8-14(20)15(21)9-12/h3-9,11,16-17H,2,10H2,1H3,(H,22,23,24)/t16-,17-/m0/s1. The summed E-state index contributed by atoms with van der Waals surface area (Å²) in [6, 6.07) is 13.8. The van der Waals surface area contributed by atoms with Crippen molar-refractivity contribution in [3.63, 3.8) is 0 Å². The van der Waals surface area contributed by atoms with Gasteiger partial charge in [-0.3, -0.25) is 0 Å². The van der Waals surface area contributed by atoms with Crippen molar-refractivity contribution in [2.75, 3.05) is 11.9 Å². The minimum Gasteiger partial charge on any atom is -0.494 e. The van der Waals surface area contributed by atoms with Crippen LogP contribution in [0.4, 0.5) is 5.95 Å². The summed E-state index contributed by atoms with van der Waals surface area (Å²) < 4.78 is 7.75. The average Bonchev–Trinajstić information content (AvgIpc) is 3.13. The van der Waals surface area contributed by atoms with Crippen LogP contribution in [0.3, 0.4) is 0 Å². The highest BCUT2D eigenvalue weighted by atomic mass is 35.5. The Morgan fingerprint density at radius 2 is 2.04 bits per heavy atom. The molecule has 1 aromatic heterocycles. The maximum Gasteiger partial charge on any atom is 0.222 e. The Balaban J connectivity index is 1.75. The summed E-state index contributed by atoms with van der Waals surface area (Å²) >= 11 is 12.3. The average molecular weight is 389 g/mol. The van der Waals surface area contributed by atoms with Crippen molar-refractivity contribution in [1.82, 2.24) is 14.8 Å². The van der Waals surface area contributed by atoms with E-state index in [1.807, 2.05) is 48.0 Å². The third-order valence-electron chi connectivity index (χ3n) is 4.55. The second-order valence-corrected chi connectivity index (χ2v) is 6.94. The number of ether oxygens (including phenoxy) is 1. The molecule has 26 heavy (non-hydrogen) atoms. The lowest BCUT2D eigenvalue weighted by atomic mass is 9.93. The van der Waals surface area contributed by atoms with E-state index < -0.39 is 0 Å². The van der Waals surface area contributed by atoms with Crippen LogP contribution in [-0.2, 0) is 0 Å². The molecule has 0 amide bonds. The van der Waals surface area contributed by atoms with Gasteiger partial charge in [-0.15, -0.1) is 0 Å². The molecule has 1 N–H and O–H groups in total. The molecular formula is C19H18Cl2N4O. The first-order valence-electron chi connectivity index (χ1n) is 8.50. The number of aromatic nitrogens is 3.